The van der Waals surface area contributed by atoms with Gasteiger partial charge in [-0.3, -0.25) is 0 Å². The van der Waals surface area contributed by atoms with Crippen LogP contribution in [0.2, 0.25) is 19.6 Å². The second-order valence-electron chi connectivity index (χ2n) is 8.13. The van der Waals surface area contributed by atoms with Gasteiger partial charge in [-0.2, -0.15) is 0 Å². The third kappa shape index (κ3) is 2.26. The Kier molecular flexibility index (Phi) is 3.22. The Morgan fingerprint density at radius 2 is 1.35 bits per heavy atom. The van der Waals surface area contributed by atoms with E-state index in [2.05, 4.69) is 92.4 Å². The van der Waals surface area contributed by atoms with Crippen LogP contribution < -0.4 is 5.19 Å². The van der Waals surface area contributed by atoms with Crippen molar-refractivity contribution in [1.82, 2.24) is 4.98 Å². The zero-order valence-corrected chi connectivity index (χ0v) is 16.4. The Bertz CT molecular complexity index is 1170. The zero-order valence-electron chi connectivity index (χ0n) is 15.4. The smallest absolute Gasteiger partial charge is 0.0776 e. The summed E-state index contributed by atoms with van der Waals surface area (Å²) in [5.41, 5.74) is 8.65. The molecule has 0 fully saturated rings. The van der Waals surface area contributed by atoms with Crippen molar-refractivity contribution < 1.29 is 0 Å². The van der Waals surface area contributed by atoms with Crippen LogP contribution in [0.5, 0.6) is 0 Å². The van der Waals surface area contributed by atoms with Crippen LogP contribution in [0.1, 0.15) is 0 Å². The number of benzene rings is 3. The van der Waals surface area contributed by atoms with Gasteiger partial charge in [0.25, 0.3) is 0 Å². The summed E-state index contributed by atoms with van der Waals surface area (Å²) >= 11 is 0. The Morgan fingerprint density at radius 3 is 2.12 bits per heavy atom. The van der Waals surface area contributed by atoms with Crippen LogP contribution in [0.3, 0.4) is 0 Å². The van der Waals surface area contributed by atoms with Crippen LogP contribution in [0, 0.1) is 0 Å². The largest absolute Gasteiger partial charge is 0.248 e. The third-order valence-electron chi connectivity index (χ3n) is 5.37. The van der Waals surface area contributed by atoms with Crippen molar-refractivity contribution in [2.24, 2.45) is 0 Å². The van der Waals surface area contributed by atoms with Crippen LogP contribution in [0.25, 0.3) is 44.4 Å². The predicted octanol–water partition coefficient (Wildman–Crippen LogP) is 6.09. The average Bonchev–Trinajstić information content (AvgIpc) is 2.97. The van der Waals surface area contributed by atoms with Crippen LogP contribution in [0.15, 0.2) is 72.8 Å². The minimum absolute atomic E-state index is 1.07. The minimum atomic E-state index is -1.35. The fourth-order valence-corrected chi connectivity index (χ4v) is 5.15. The molecule has 0 unspecified atom stereocenters. The van der Waals surface area contributed by atoms with Gasteiger partial charge in [-0.1, -0.05) is 85.5 Å². The van der Waals surface area contributed by atoms with Gasteiger partial charge < -0.3 is 0 Å². The molecule has 1 aliphatic rings. The molecule has 2 heteroatoms. The Labute approximate surface area is 155 Å². The lowest BCUT2D eigenvalue weighted by Gasteiger charge is -2.17. The van der Waals surface area contributed by atoms with Gasteiger partial charge in [-0.25, -0.2) is 4.98 Å². The normalized spacial score (nSPS) is 12.4. The van der Waals surface area contributed by atoms with Gasteiger partial charge in [0, 0.05) is 10.9 Å². The summed E-state index contributed by atoms with van der Waals surface area (Å²) < 4.78 is 0. The van der Waals surface area contributed by atoms with Crippen molar-refractivity contribution in [2.75, 3.05) is 0 Å². The van der Waals surface area contributed by atoms with Crippen molar-refractivity contribution in [3.63, 3.8) is 0 Å². The standard InChI is InChI=1S/C24H21NSi/c1-26(2,3)17-9-6-8-16(14-17)23-15-21-19-11-5-4-10-18(19)20-12-7-13-22(25-23)24(20)21/h4-15H,1-3H3. The molecular formula is C24H21NSi. The molecule has 0 saturated heterocycles. The van der Waals surface area contributed by atoms with E-state index in [4.69, 9.17) is 4.98 Å². The molecule has 4 aromatic rings. The van der Waals surface area contributed by atoms with E-state index >= 15 is 0 Å². The maximum Gasteiger partial charge on any atom is 0.0776 e. The lowest BCUT2D eigenvalue weighted by Crippen LogP contribution is -2.37. The number of pyridine rings is 1. The van der Waals surface area contributed by atoms with Gasteiger partial charge in [0.05, 0.1) is 19.3 Å². The molecule has 0 saturated carbocycles. The third-order valence-corrected chi connectivity index (χ3v) is 7.41. The summed E-state index contributed by atoms with van der Waals surface area (Å²) in [6.07, 6.45) is 0. The monoisotopic (exact) mass is 351 g/mol. The molecule has 126 valence electrons. The van der Waals surface area contributed by atoms with Crippen molar-refractivity contribution in [3.05, 3.63) is 72.8 Å². The maximum absolute atomic E-state index is 5.03. The molecule has 1 nitrogen and oxygen atoms in total. The quantitative estimate of drug-likeness (QED) is 0.350. The highest BCUT2D eigenvalue weighted by atomic mass is 28.3. The summed E-state index contributed by atoms with van der Waals surface area (Å²) in [5, 5.41) is 2.77. The van der Waals surface area contributed by atoms with E-state index in [0.29, 0.717) is 0 Å². The first-order valence-electron chi connectivity index (χ1n) is 9.17. The van der Waals surface area contributed by atoms with Gasteiger partial charge in [0.15, 0.2) is 0 Å². The first-order chi connectivity index (χ1) is 12.5. The first-order valence-corrected chi connectivity index (χ1v) is 12.7. The van der Waals surface area contributed by atoms with Gasteiger partial charge in [0.1, 0.15) is 0 Å². The molecule has 26 heavy (non-hydrogen) atoms. The van der Waals surface area contributed by atoms with E-state index in [-0.39, 0.29) is 0 Å². The molecule has 0 aliphatic heterocycles. The Balaban J connectivity index is 1.78. The summed E-state index contributed by atoms with van der Waals surface area (Å²) in [4.78, 5) is 5.03. The minimum Gasteiger partial charge on any atom is -0.248 e. The highest BCUT2D eigenvalue weighted by molar-refractivity contribution is 6.88. The Hall–Kier alpha value is -2.71. The van der Waals surface area contributed by atoms with E-state index in [9.17, 15) is 0 Å². The molecule has 1 aromatic heterocycles. The molecule has 1 heterocycles. The maximum atomic E-state index is 5.03. The van der Waals surface area contributed by atoms with Crippen LogP contribution in [0.4, 0.5) is 0 Å². The van der Waals surface area contributed by atoms with Crippen LogP contribution in [-0.2, 0) is 0 Å². The van der Waals surface area contributed by atoms with Gasteiger partial charge in [-0.15, -0.1) is 0 Å². The molecule has 0 atom stereocenters. The first kappa shape index (κ1) is 15.5. The number of nitrogens with zero attached hydrogens (tertiary/aromatic N) is 1. The molecule has 0 amide bonds. The molecular weight excluding hydrogens is 330 g/mol. The molecule has 0 bridgehead atoms. The highest BCUT2D eigenvalue weighted by Gasteiger charge is 2.23. The summed E-state index contributed by atoms with van der Waals surface area (Å²) in [5.74, 6) is 0. The fraction of sp³-hybridized carbons (Fsp3) is 0.125. The SMILES string of the molecule is C[Si](C)(C)c1cccc(-c2cc3c4c(cccc4n2)-c2ccccc2-3)c1. The van der Waals surface area contributed by atoms with Gasteiger partial charge in [-0.05, 0) is 34.4 Å². The summed E-state index contributed by atoms with van der Waals surface area (Å²) in [6, 6.07) is 26.4. The molecule has 0 N–H and O–H groups in total. The second-order valence-corrected chi connectivity index (χ2v) is 13.2. The molecule has 3 aromatic carbocycles. The fourth-order valence-electron chi connectivity index (χ4n) is 3.97. The highest BCUT2D eigenvalue weighted by Crippen LogP contribution is 2.47. The second kappa shape index (κ2) is 5.39. The molecule has 0 spiro atoms. The van der Waals surface area contributed by atoms with Crippen molar-refractivity contribution in [3.8, 4) is 33.5 Å². The van der Waals surface area contributed by atoms with Crippen LogP contribution in [-0.4, -0.2) is 13.1 Å². The van der Waals surface area contributed by atoms with Gasteiger partial charge >= 0.3 is 0 Å². The van der Waals surface area contributed by atoms with E-state index in [1.807, 2.05) is 0 Å². The number of hydrogen-bond donors (Lipinski definition) is 0. The summed E-state index contributed by atoms with van der Waals surface area (Å²) in [6.45, 7) is 7.17. The number of hydrogen-bond acceptors (Lipinski definition) is 1. The molecule has 5 rings (SSSR count). The van der Waals surface area contributed by atoms with Crippen molar-refractivity contribution in [2.45, 2.75) is 19.6 Å². The van der Waals surface area contributed by atoms with E-state index in [1.54, 1.807) is 0 Å². The lowest BCUT2D eigenvalue weighted by atomic mass is 10.0. The van der Waals surface area contributed by atoms with E-state index in [0.717, 1.165) is 11.2 Å². The van der Waals surface area contributed by atoms with Crippen LogP contribution >= 0.6 is 0 Å². The van der Waals surface area contributed by atoms with E-state index < -0.39 is 8.07 Å². The number of rotatable bonds is 2. The number of fused-ring (bicyclic) bond motifs is 3. The predicted molar refractivity (Wildman–Crippen MR) is 115 cm³/mol. The van der Waals surface area contributed by atoms with Crippen molar-refractivity contribution in [1.29, 1.82) is 0 Å². The summed E-state index contributed by atoms with van der Waals surface area (Å²) in [7, 11) is -1.35. The topological polar surface area (TPSA) is 12.9 Å². The molecule has 1 aliphatic carbocycles. The number of aromatic nitrogens is 1. The average molecular weight is 352 g/mol. The lowest BCUT2D eigenvalue weighted by molar-refractivity contribution is 1.41. The Morgan fingerprint density at radius 1 is 0.654 bits per heavy atom. The van der Waals surface area contributed by atoms with Crippen molar-refractivity contribution >= 4 is 24.2 Å². The van der Waals surface area contributed by atoms with E-state index in [1.165, 1.54) is 38.4 Å². The zero-order chi connectivity index (χ0) is 17.9. The molecule has 0 radical (unpaired) electrons. The van der Waals surface area contributed by atoms with Gasteiger partial charge in [0.2, 0.25) is 0 Å².